The number of nitrogens with zero attached hydrogens (tertiary/aromatic N) is 2. The van der Waals surface area contributed by atoms with Crippen LogP contribution in [0.3, 0.4) is 0 Å². The van der Waals surface area contributed by atoms with Crippen LogP contribution in [0.25, 0.3) is 17.1 Å². The summed E-state index contributed by atoms with van der Waals surface area (Å²) in [5.41, 5.74) is 2.74. The summed E-state index contributed by atoms with van der Waals surface area (Å²) in [5.74, 6) is 0.485. The molecule has 6 nitrogen and oxygen atoms in total. The molecule has 0 aliphatic carbocycles. The van der Waals surface area contributed by atoms with E-state index in [1.54, 1.807) is 41.3 Å². The number of anilines is 1. The van der Waals surface area contributed by atoms with Gasteiger partial charge in [-0.2, -0.15) is 0 Å². The van der Waals surface area contributed by atoms with Crippen molar-refractivity contribution in [3.05, 3.63) is 89.8 Å². The number of carbonyl (C=O) groups excluding carboxylic acids is 1. The molecule has 1 aromatic heterocycles. The van der Waals surface area contributed by atoms with Crippen LogP contribution < -0.4 is 14.4 Å². The van der Waals surface area contributed by atoms with Gasteiger partial charge in [-0.25, -0.2) is 13.8 Å². The van der Waals surface area contributed by atoms with Gasteiger partial charge in [-0.1, -0.05) is 42.5 Å². The number of fused-ring (bicyclic) bond motifs is 2. The normalized spacial score (nSPS) is 13.0. The minimum absolute atomic E-state index is 0.288. The van der Waals surface area contributed by atoms with E-state index in [-0.39, 0.29) is 12.5 Å². The molecule has 5 rings (SSSR count). The average molecular weight is 461 g/mol. The minimum Gasteiger partial charge on any atom is -0.486 e. The molecular weight excluding hydrogens is 440 g/mol. The van der Waals surface area contributed by atoms with Gasteiger partial charge >= 0.3 is 0 Å². The van der Waals surface area contributed by atoms with Crippen LogP contribution in [0.4, 0.5) is 14.5 Å². The maximum atomic E-state index is 13.6. The Bertz CT molecular complexity index is 1350. The first-order chi connectivity index (χ1) is 16.6. The Hall–Kier alpha value is -4.20. The summed E-state index contributed by atoms with van der Waals surface area (Å²) >= 11 is 0. The Kier molecular flexibility index (Phi) is 5.95. The number of nitrogens with one attached hydrogen (secondary N) is 1. The topological polar surface area (TPSA) is 67.5 Å². The van der Waals surface area contributed by atoms with E-state index in [0.29, 0.717) is 47.0 Å². The SMILES string of the molecule is O=C(c1ccc2nc(C(F)F)[nH]c2c1)N(C/C=C/c1ccccc1)c1ccc2c(c1)OCCO2. The summed E-state index contributed by atoms with van der Waals surface area (Å²) in [6.07, 6.45) is 1.11. The number of hydrogen-bond donors (Lipinski definition) is 1. The molecule has 0 atom stereocenters. The van der Waals surface area contributed by atoms with Crippen molar-refractivity contribution in [1.82, 2.24) is 9.97 Å². The number of carbonyl (C=O) groups is 1. The molecule has 4 aromatic rings. The van der Waals surface area contributed by atoms with Crippen LogP contribution in [-0.2, 0) is 0 Å². The Labute approximate surface area is 194 Å². The number of alkyl halides is 2. The Morgan fingerprint density at radius 1 is 1.03 bits per heavy atom. The molecule has 8 heteroatoms. The quantitative estimate of drug-likeness (QED) is 0.404. The molecule has 34 heavy (non-hydrogen) atoms. The monoisotopic (exact) mass is 461 g/mol. The summed E-state index contributed by atoms with van der Waals surface area (Å²) in [6.45, 7) is 1.19. The zero-order valence-electron chi connectivity index (χ0n) is 18.1. The standard InChI is InChI=1S/C26H21F2N3O3/c27-24(28)25-29-20-10-8-18(15-21(20)30-25)26(32)31(12-4-7-17-5-2-1-3-6-17)19-9-11-22-23(16-19)34-14-13-33-22/h1-11,15-16,24H,12-14H2,(H,29,30)/b7-4+. The zero-order valence-corrected chi connectivity index (χ0v) is 18.1. The third-order valence-electron chi connectivity index (χ3n) is 5.43. The number of rotatable bonds is 6. The maximum Gasteiger partial charge on any atom is 0.295 e. The molecular formula is C26H21F2N3O3. The molecule has 2 heterocycles. The van der Waals surface area contributed by atoms with Gasteiger partial charge in [0.15, 0.2) is 17.3 Å². The van der Waals surface area contributed by atoms with E-state index in [1.807, 2.05) is 42.5 Å². The third kappa shape index (κ3) is 4.47. The fraction of sp³-hybridized carbons (Fsp3) is 0.154. The first-order valence-electron chi connectivity index (χ1n) is 10.8. The smallest absolute Gasteiger partial charge is 0.295 e. The lowest BCUT2D eigenvalue weighted by Crippen LogP contribution is -2.31. The highest BCUT2D eigenvalue weighted by atomic mass is 19.3. The summed E-state index contributed by atoms with van der Waals surface area (Å²) in [6, 6.07) is 19.8. The van der Waals surface area contributed by atoms with E-state index < -0.39 is 12.2 Å². The molecule has 1 N–H and O–H groups in total. The summed E-state index contributed by atoms with van der Waals surface area (Å²) in [7, 11) is 0. The van der Waals surface area contributed by atoms with Crippen molar-refractivity contribution in [1.29, 1.82) is 0 Å². The highest BCUT2D eigenvalue weighted by Crippen LogP contribution is 2.34. The molecule has 3 aromatic carbocycles. The lowest BCUT2D eigenvalue weighted by Gasteiger charge is -2.24. The van der Waals surface area contributed by atoms with Crippen LogP contribution in [-0.4, -0.2) is 35.6 Å². The fourth-order valence-electron chi connectivity index (χ4n) is 3.79. The average Bonchev–Trinajstić information content (AvgIpc) is 3.31. The number of aromatic nitrogens is 2. The van der Waals surface area contributed by atoms with E-state index in [2.05, 4.69) is 9.97 Å². The Morgan fingerprint density at radius 2 is 1.82 bits per heavy atom. The van der Waals surface area contributed by atoms with Gasteiger partial charge in [-0.05, 0) is 35.9 Å². The van der Waals surface area contributed by atoms with E-state index in [0.717, 1.165) is 5.56 Å². The van der Waals surface area contributed by atoms with Gasteiger partial charge in [0, 0.05) is 23.9 Å². The van der Waals surface area contributed by atoms with Crippen LogP contribution in [0.2, 0.25) is 0 Å². The highest BCUT2D eigenvalue weighted by molar-refractivity contribution is 6.08. The zero-order chi connectivity index (χ0) is 23.5. The van der Waals surface area contributed by atoms with Gasteiger partial charge in [0.2, 0.25) is 0 Å². The summed E-state index contributed by atoms with van der Waals surface area (Å²) < 4.78 is 37.4. The second-order valence-electron chi connectivity index (χ2n) is 7.71. The van der Waals surface area contributed by atoms with Crippen molar-refractivity contribution in [3.8, 4) is 11.5 Å². The van der Waals surface area contributed by atoms with Gasteiger partial charge in [0.1, 0.15) is 13.2 Å². The number of halogens is 2. The van der Waals surface area contributed by atoms with Gasteiger partial charge in [0.25, 0.3) is 12.3 Å². The molecule has 1 amide bonds. The second-order valence-corrected chi connectivity index (χ2v) is 7.71. The molecule has 0 radical (unpaired) electrons. The maximum absolute atomic E-state index is 13.6. The molecule has 0 unspecified atom stereocenters. The van der Waals surface area contributed by atoms with Gasteiger partial charge in [0.05, 0.1) is 11.0 Å². The van der Waals surface area contributed by atoms with Gasteiger partial charge in [-0.15, -0.1) is 0 Å². The number of H-pyrrole nitrogens is 1. The molecule has 1 aliphatic heterocycles. The van der Waals surface area contributed by atoms with Crippen molar-refractivity contribution < 1.29 is 23.0 Å². The van der Waals surface area contributed by atoms with Crippen molar-refractivity contribution in [2.75, 3.05) is 24.7 Å². The molecule has 0 fully saturated rings. The van der Waals surface area contributed by atoms with Crippen molar-refractivity contribution >= 4 is 28.7 Å². The Morgan fingerprint density at radius 3 is 2.62 bits per heavy atom. The van der Waals surface area contributed by atoms with Crippen LogP contribution in [0.5, 0.6) is 11.5 Å². The first kappa shape index (κ1) is 21.6. The van der Waals surface area contributed by atoms with E-state index >= 15 is 0 Å². The number of amides is 1. The van der Waals surface area contributed by atoms with Crippen molar-refractivity contribution in [2.45, 2.75) is 6.43 Å². The number of benzene rings is 3. The second kappa shape index (κ2) is 9.35. The van der Waals surface area contributed by atoms with Crippen LogP contribution in [0.15, 0.2) is 72.8 Å². The third-order valence-corrected chi connectivity index (χ3v) is 5.43. The number of ether oxygens (including phenoxy) is 2. The molecule has 0 saturated heterocycles. The Balaban J connectivity index is 1.48. The van der Waals surface area contributed by atoms with Gasteiger partial charge in [-0.3, -0.25) is 4.79 Å². The summed E-state index contributed by atoms with van der Waals surface area (Å²) in [4.78, 5) is 21.6. The molecule has 172 valence electrons. The largest absolute Gasteiger partial charge is 0.486 e. The predicted molar refractivity (Wildman–Crippen MR) is 126 cm³/mol. The van der Waals surface area contributed by atoms with E-state index in [1.165, 1.54) is 0 Å². The fourth-order valence-corrected chi connectivity index (χ4v) is 3.79. The van der Waals surface area contributed by atoms with Crippen molar-refractivity contribution in [2.24, 2.45) is 0 Å². The molecule has 0 saturated carbocycles. The van der Waals surface area contributed by atoms with Crippen LogP contribution >= 0.6 is 0 Å². The van der Waals surface area contributed by atoms with Crippen molar-refractivity contribution in [3.63, 3.8) is 0 Å². The van der Waals surface area contributed by atoms with E-state index in [4.69, 9.17) is 9.47 Å². The summed E-state index contributed by atoms with van der Waals surface area (Å²) in [5, 5.41) is 0. The lowest BCUT2D eigenvalue weighted by atomic mass is 10.1. The minimum atomic E-state index is -2.72. The van der Waals surface area contributed by atoms with Crippen LogP contribution in [0, 0.1) is 0 Å². The first-order valence-corrected chi connectivity index (χ1v) is 10.8. The molecule has 0 bridgehead atoms. The highest BCUT2D eigenvalue weighted by Gasteiger charge is 2.21. The predicted octanol–water partition coefficient (Wildman–Crippen LogP) is 5.63. The molecule has 1 aliphatic rings. The van der Waals surface area contributed by atoms with Gasteiger partial charge < -0.3 is 19.4 Å². The van der Waals surface area contributed by atoms with Crippen LogP contribution in [0.1, 0.15) is 28.2 Å². The number of aromatic amines is 1. The molecule has 0 spiro atoms. The van der Waals surface area contributed by atoms with E-state index in [9.17, 15) is 13.6 Å². The number of imidazole rings is 1. The lowest BCUT2D eigenvalue weighted by molar-refractivity contribution is 0.0989. The number of hydrogen-bond acceptors (Lipinski definition) is 4.